The van der Waals surface area contributed by atoms with Crippen molar-refractivity contribution < 1.29 is 53.0 Å². The SMILES string of the molecule is COC(=O)N1CCC(NC(=O)[C@H](CC(=O)O)Cc2ccc(CP(=O)(O)O)cc2)(C(=O)N[C@@H](CC(N)=O)C(=O)NCCCc2cccc3ccccc23)CC1. The smallest absolute Gasteiger partial charge is 0.409 e. The van der Waals surface area contributed by atoms with Crippen LogP contribution in [0.5, 0.6) is 0 Å². The van der Waals surface area contributed by atoms with E-state index in [9.17, 15) is 48.2 Å². The molecule has 1 heterocycles. The lowest BCUT2D eigenvalue weighted by molar-refractivity contribution is -0.143. The van der Waals surface area contributed by atoms with Crippen molar-refractivity contribution in [3.05, 3.63) is 83.4 Å². The fraction of sp³-hybridized carbons (Fsp3) is 0.405. The molecule has 0 bridgehead atoms. The van der Waals surface area contributed by atoms with Crippen LogP contribution in [-0.4, -0.2) is 93.8 Å². The van der Waals surface area contributed by atoms with Crippen molar-refractivity contribution in [2.24, 2.45) is 11.7 Å². The Bertz CT molecular complexity index is 1890. The second kappa shape index (κ2) is 18.6. The molecule has 2 atom stereocenters. The molecule has 54 heavy (non-hydrogen) atoms. The molecule has 4 rings (SSSR count). The highest BCUT2D eigenvalue weighted by Crippen LogP contribution is 2.39. The van der Waals surface area contributed by atoms with E-state index >= 15 is 0 Å². The lowest BCUT2D eigenvalue weighted by atomic mass is 9.84. The number of nitrogens with two attached hydrogens (primary N) is 1. The van der Waals surface area contributed by atoms with Crippen molar-refractivity contribution in [2.75, 3.05) is 26.7 Å². The van der Waals surface area contributed by atoms with Crippen LogP contribution in [0, 0.1) is 5.92 Å². The first-order valence-electron chi connectivity index (χ1n) is 17.4. The molecule has 0 unspecified atom stereocenters. The maximum atomic E-state index is 14.1. The van der Waals surface area contributed by atoms with Gasteiger partial charge in [-0.25, -0.2) is 4.79 Å². The molecule has 0 spiro atoms. The summed E-state index contributed by atoms with van der Waals surface area (Å²) in [6.45, 7) is 0.151. The van der Waals surface area contributed by atoms with Crippen LogP contribution >= 0.6 is 7.60 Å². The highest BCUT2D eigenvalue weighted by atomic mass is 31.2. The summed E-state index contributed by atoms with van der Waals surface area (Å²) in [6, 6.07) is 18.5. The normalized spacial score (nSPS) is 15.1. The van der Waals surface area contributed by atoms with Gasteiger partial charge >= 0.3 is 19.7 Å². The standard InChI is InChI=1S/C37H46N5O11P/c1-53-36(49)42-18-15-37(16-19-42,41-33(46)28(21-32(44)45)20-24-11-13-25(14-12-24)23-54(50,51)52)35(48)40-30(22-31(38)43)34(47)39-17-5-9-27-8-4-7-26-6-2-3-10-29(26)27/h2-4,6-8,10-14,28,30H,5,9,15-23H2,1H3,(H2,38,43)(H,39,47)(H,40,48)(H,41,46)(H,44,45)(H2,50,51,52)/t28-,30-/m0/s1. The zero-order chi connectivity index (χ0) is 39.5. The first-order chi connectivity index (χ1) is 25.6. The number of methoxy groups -OCH3 is 1. The molecule has 0 aliphatic carbocycles. The van der Waals surface area contributed by atoms with Gasteiger partial charge in [0.25, 0.3) is 0 Å². The molecular weight excluding hydrogens is 721 g/mol. The van der Waals surface area contributed by atoms with Gasteiger partial charge in [0.15, 0.2) is 0 Å². The number of carboxylic acids is 1. The molecule has 3 aromatic carbocycles. The minimum atomic E-state index is -4.33. The van der Waals surface area contributed by atoms with Gasteiger partial charge in [-0.1, -0.05) is 66.7 Å². The van der Waals surface area contributed by atoms with Crippen LogP contribution in [0.3, 0.4) is 0 Å². The van der Waals surface area contributed by atoms with Crippen LogP contribution in [0.25, 0.3) is 10.8 Å². The number of hydrogen-bond acceptors (Lipinski definition) is 8. The number of nitrogens with zero attached hydrogens (tertiary/aromatic N) is 1. The fourth-order valence-electron chi connectivity index (χ4n) is 6.55. The van der Waals surface area contributed by atoms with E-state index in [0.29, 0.717) is 24.0 Å². The number of aliphatic carboxylic acids is 1. The number of fused-ring (bicyclic) bond motifs is 1. The minimum Gasteiger partial charge on any atom is -0.481 e. The van der Waals surface area contributed by atoms with Crippen LogP contribution in [0.1, 0.15) is 48.8 Å². The summed E-state index contributed by atoms with van der Waals surface area (Å²) in [6.07, 6.45) is -1.47. The minimum absolute atomic E-state index is 0.0359. The van der Waals surface area contributed by atoms with Crippen molar-refractivity contribution in [2.45, 2.75) is 62.7 Å². The predicted molar refractivity (Wildman–Crippen MR) is 197 cm³/mol. The van der Waals surface area contributed by atoms with Gasteiger partial charge in [-0.3, -0.25) is 28.5 Å². The van der Waals surface area contributed by atoms with Crippen LogP contribution in [-0.2, 0) is 52.3 Å². The molecule has 1 saturated heterocycles. The summed E-state index contributed by atoms with van der Waals surface area (Å²) in [7, 11) is -3.13. The number of ether oxygens (including phenoxy) is 1. The van der Waals surface area contributed by atoms with E-state index in [1.807, 2.05) is 42.5 Å². The summed E-state index contributed by atoms with van der Waals surface area (Å²) in [5.74, 6) is -5.62. The molecule has 1 aliphatic rings. The van der Waals surface area contributed by atoms with Gasteiger partial charge in [-0.05, 0) is 59.6 Å². The predicted octanol–water partition coefficient (Wildman–Crippen LogP) is 1.98. The molecular formula is C37H46N5O11P. The van der Waals surface area contributed by atoms with E-state index in [4.69, 9.17) is 10.5 Å². The second-order valence-electron chi connectivity index (χ2n) is 13.4. The second-order valence-corrected chi connectivity index (χ2v) is 15.0. The zero-order valence-electron chi connectivity index (χ0n) is 29.9. The zero-order valence-corrected chi connectivity index (χ0v) is 30.8. The summed E-state index contributed by atoms with van der Waals surface area (Å²) < 4.78 is 16.2. The molecule has 0 radical (unpaired) electrons. The van der Waals surface area contributed by atoms with Gasteiger partial charge < -0.3 is 46.2 Å². The Morgan fingerprint density at radius 3 is 2.19 bits per heavy atom. The molecule has 0 saturated carbocycles. The number of rotatable bonds is 17. The van der Waals surface area contributed by atoms with Gasteiger partial charge in [0.1, 0.15) is 11.6 Å². The number of hydrogen-bond donors (Lipinski definition) is 7. The third kappa shape index (κ3) is 11.9. The number of nitrogens with one attached hydrogen (secondary N) is 3. The Morgan fingerprint density at radius 1 is 0.907 bits per heavy atom. The van der Waals surface area contributed by atoms with E-state index in [0.717, 1.165) is 16.3 Å². The average Bonchev–Trinajstić information content (AvgIpc) is 3.12. The Labute approximate surface area is 312 Å². The lowest BCUT2D eigenvalue weighted by Crippen LogP contribution is -2.66. The number of benzene rings is 3. The molecule has 16 nitrogen and oxygen atoms in total. The average molecular weight is 768 g/mol. The summed E-state index contributed by atoms with van der Waals surface area (Å²) in [5, 5.41) is 19.9. The lowest BCUT2D eigenvalue weighted by Gasteiger charge is -2.41. The maximum absolute atomic E-state index is 14.1. The highest BCUT2D eigenvalue weighted by molar-refractivity contribution is 7.50. The Hall–Kier alpha value is -5.31. The summed E-state index contributed by atoms with van der Waals surface area (Å²) in [5.41, 5.74) is 5.67. The van der Waals surface area contributed by atoms with Crippen LogP contribution in [0.4, 0.5) is 4.79 Å². The van der Waals surface area contributed by atoms with E-state index in [1.54, 1.807) is 0 Å². The van der Waals surface area contributed by atoms with Gasteiger partial charge in [0.2, 0.25) is 23.6 Å². The van der Waals surface area contributed by atoms with Crippen LogP contribution < -0.4 is 21.7 Å². The molecule has 290 valence electrons. The number of primary amides is 1. The fourth-order valence-corrected chi connectivity index (χ4v) is 7.24. The van der Waals surface area contributed by atoms with Crippen molar-refractivity contribution in [1.29, 1.82) is 0 Å². The molecule has 17 heteroatoms. The number of likely N-dealkylation sites (tertiary alicyclic amines) is 1. The van der Waals surface area contributed by atoms with Crippen molar-refractivity contribution in [1.82, 2.24) is 20.9 Å². The van der Waals surface area contributed by atoms with Gasteiger partial charge in [-0.2, -0.15) is 0 Å². The Balaban J connectivity index is 1.49. The molecule has 1 aliphatic heterocycles. The summed E-state index contributed by atoms with van der Waals surface area (Å²) in [4.78, 5) is 97.4. The van der Waals surface area contributed by atoms with Gasteiger partial charge in [0, 0.05) is 19.6 Å². The van der Waals surface area contributed by atoms with Crippen molar-refractivity contribution in [3.63, 3.8) is 0 Å². The van der Waals surface area contributed by atoms with Gasteiger partial charge in [0.05, 0.1) is 32.0 Å². The molecule has 5 amide bonds. The first kappa shape index (κ1) is 41.4. The van der Waals surface area contributed by atoms with Crippen LogP contribution in [0.2, 0.25) is 0 Å². The van der Waals surface area contributed by atoms with Crippen molar-refractivity contribution >= 4 is 54.1 Å². The monoisotopic (exact) mass is 767 g/mol. The highest BCUT2D eigenvalue weighted by Gasteiger charge is 2.46. The molecule has 8 N–H and O–H groups in total. The number of carboxylic acid groups (broad SMARTS) is 1. The van der Waals surface area contributed by atoms with Crippen molar-refractivity contribution in [3.8, 4) is 0 Å². The van der Waals surface area contributed by atoms with E-state index in [1.165, 1.54) is 36.3 Å². The van der Waals surface area contributed by atoms with E-state index < -0.39 is 79.8 Å². The Kier molecular flexibility index (Phi) is 14.3. The topological polar surface area (TPSA) is 255 Å². The van der Waals surface area contributed by atoms with Crippen LogP contribution in [0.15, 0.2) is 66.7 Å². The maximum Gasteiger partial charge on any atom is 0.409 e. The van der Waals surface area contributed by atoms with E-state index in [-0.39, 0.29) is 38.9 Å². The number of carbonyl (C=O) groups is 6. The molecule has 3 aromatic rings. The Morgan fingerprint density at radius 2 is 1.56 bits per heavy atom. The number of aryl methyl sites for hydroxylation is 1. The largest absolute Gasteiger partial charge is 0.481 e. The first-order valence-corrected chi connectivity index (χ1v) is 19.2. The quantitative estimate of drug-likeness (QED) is 0.0772. The van der Waals surface area contributed by atoms with E-state index in [2.05, 4.69) is 16.0 Å². The number of piperidine rings is 1. The molecule has 0 aromatic heterocycles. The third-order valence-electron chi connectivity index (χ3n) is 9.36. The summed E-state index contributed by atoms with van der Waals surface area (Å²) >= 11 is 0. The number of amides is 5. The molecule has 1 fully saturated rings. The number of carbonyl (C=O) groups excluding carboxylic acids is 5. The third-order valence-corrected chi connectivity index (χ3v) is 10.1. The van der Waals surface area contributed by atoms with Gasteiger partial charge in [-0.15, -0.1) is 0 Å².